The molecule has 2 atom stereocenters. The van der Waals surface area contributed by atoms with Crippen molar-refractivity contribution in [2.75, 3.05) is 31.3 Å². The Balaban J connectivity index is 1.86. The first-order valence-corrected chi connectivity index (χ1v) is 13.4. The number of carbonyl (C=O) groups is 3. The number of carbonyl (C=O) groups excluding carboxylic acids is 3. The number of esters is 1. The van der Waals surface area contributed by atoms with E-state index in [1.54, 1.807) is 63.4 Å². The smallest absolute Gasteiger partial charge is 0.411 e. The van der Waals surface area contributed by atoms with E-state index in [4.69, 9.17) is 14.7 Å². The molecule has 2 aliphatic heterocycles. The van der Waals surface area contributed by atoms with Gasteiger partial charge < -0.3 is 14.4 Å². The van der Waals surface area contributed by atoms with Crippen LogP contribution in [-0.2, 0) is 25.6 Å². The zero-order valence-corrected chi connectivity index (χ0v) is 22.5. The average Bonchev–Trinajstić information content (AvgIpc) is 3.48. The summed E-state index contributed by atoms with van der Waals surface area (Å²) in [5.74, 6) is 1.03. The number of hydrogen-bond donors (Lipinski definition) is 0. The van der Waals surface area contributed by atoms with Crippen molar-refractivity contribution in [1.82, 2.24) is 14.7 Å². The maximum atomic E-state index is 13.4. The Morgan fingerprint density at radius 1 is 1.22 bits per heavy atom. The summed E-state index contributed by atoms with van der Waals surface area (Å²) in [6, 6.07) is 8.37. The molecule has 2 heterocycles. The fraction of sp³-hybridized carbons (Fsp3) is 0.615. The summed E-state index contributed by atoms with van der Waals surface area (Å²) >= 11 is 1.69. The Bertz CT molecular complexity index is 980. The van der Waals surface area contributed by atoms with Gasteiger partial charge in [0.25, 0.3) is 0 Å². The van der Waals surface area contributed by atoms with Gasteiger partial charge in [0.2, 0.25) is 5.91 Å². The lowest BCUT2D eigenvalue weighted by Crippen LogP contribution is -2.48. The Kier molecular flexibility index (Phi) is 9.25. The van der Waals surface area contributed by atoms with Gasteiger partial charge in [0, 0.05) is 31.4 Å². The topological polar surface area (TPSA) is 103 Å². The van der Waals surface area contributed by atoms with Gasteiger partial charge in [-0.25, -0.2) is 4.79 Å². The molecule has 9 nitrogen and oxygen atoms in total. The fourth-order valence-electron chi connectivity index (χ4n) is 4.33. The molecule has 2 fully saturated rings. The zero-order chi connectivity index (χ0) is 26.5. The van der Waals surface area contributed by atoms with Crippen LogP contribution in [0.25, 0.3) is 0 Å². The van der Waals surface area contributed by atoms with Crippen LogP contribution in [0.15, 0.2) is 24.3 Å². The second kappa shape index (κ2) is 12.0. The van der Waals surface area contributed by atoms with Crippen molar-refractivity contribution in [3.63, 3.8) is 0 Å². The van der Waals surface area contributed by atoms with Crippen LogP contribution in [0.5, 0.6) is 0 Å². The van der Waals surface area contributed by atoms with E-state index in [1.165, 1.54) is 4.90 Å². The molecule has 2 amide bonds. The lowest BCUT2D eigenvalue weighted by atomic mass is 10.1. The maximum Gasteiger partial charge on any atom is 0.411 e. The van der Waals surface area contributed by atoms with E-state index >= 15 is 0 Å². The van der Waals surface area contributed by atoms with Crippen LogP contribution in [-0.4, -0.2) is 87.7 Å². The molecule has 0 bridgehead atoms. The largest absolute Gasteiger partial charge is 0.462 e. The molecule has 0 saturated carbocycles. The molecule has 0 aromatic heterocycles. The van der Waals surface area contributed by atoms with E-state index < -0.39 is 17.7 Å². The van der Waals surface area contributed by atoms with Crippen molar-refractivity contribution in [2.24, 2.45) is 0 Å². The molecule has 36 heavy (non-hydrogen) atoms. The van der Waals surface area contributed by atoms with Gasteiger partial charge in [0.05, 0.1) is 30.2 Å². The molecule has 2 saturated heterocycles. The number of benzene rings is 1. The summed E-state index contributed by atoms with van der Waals surface area (Å²) in [6.45, 7) is 10.3. The van der Waals surface area contributed by atoms with Crippen LogP contribution in [0.1, 0.15) is 52.2 Å². The maximum absolute atomic E-state index is 13.4. The Morgan fingerprint density at radius 2 is 1.92 bits per heavy atom. The quantitative estimate of drug-likeness (QED) is 0.509. The number of nitriles is 1. The predicted octanol–water partition coefficient (Wildman–Crippen LogP) is 3.22. The number of likely N-dealkylation sites (tertiary alicyclic amines) is 1. The monoisotopic (exact) mass is 516 g/mol. The van der Waals surface area contributed by atoms with E-state index in [-0.39, 0.29) is 37.1 Å². The molecule has 10 heteroatoms. The number of hydrogen-bond acceptors (Lipinski definition) is 8. The van der Waals surface area contributed by atoms with Gasteiger partial charge in [-0.2, -0.15) is 5.26 Å². The number of ether oxygens (including phenoxy) is 2. The molecule has 0 unspecified atom stereocenters. The van der Waals surface area contributed by atoms with Crippen LogP contribution in [0.2, 0.25) is 0 Å². The Labute approximate surface area is 217 Å². The molecule has 3 rings (SSSR count). The van der Waals surface area contributed by atoms with Gasteiger partial charge >= 0.3 is 12.1 Å². The van der Waals surface area contributed by atoms with Gasteiger partial charge in [-0.15, -0.1) is 11.8 Å². The van der Waals surface area contributed by atoms with Crippen LogP contribution in [0.4, 0.5) is 4.79 Å². The number of nitrogens with zero attached hydrogens (tertiary/aromatic N) is 4. The highest BCUT2D eigenvalue weighted by atomic mass is 32.2. The fourth-order valence-corrected chi connectivity index (χ4v) is 5.29. The summed E-state index contributed by atoms with van der Waals surface area (Å²) in [6.07, 6.45) is -0.388. The zero-order valence-electron chi connectivity index (χ0n) is 21.7. The second-order valence-corrected chi connectivity index (χ2v) is 11.5. The minimum atomic E-state index is -0.699. The van der Waals surface area contributed by atoms with Crippen molar-refractivity contribution in [3.8, 4) is 6.07 Å². The molecule has 1 aromatic carbocycles. The normalized spacial score (nSPS) is 20.1. The third-order valence-corrected chi connectivity index (χ3v) is 6.91. The molecule has 1 aromatic rings. The van der Waals surface area contributed by atoms with E-state index in [0.29, 0.717) is 31.0 Å². The summed E-state index contributed by atoms with van der Waals surface area (Å²) in [4.78, 5) is 44.5. The second-order valence-electron chi connectivity index (χ2n) is 10.4. The van der Waals surface area contributed by atoms with Gasteiger partial charge in [0.15, 0.2) is 0 Å². The third kappa shape index (κ3) is 7.61. The third-order valence-electron chi connectivity index (χ3n) is 5.94. The molecule has 0 aliphatic carbocycles. The van der Waals surface area contributed by atoms with Gasteiger partial charge in [-0.3, -0.25) is 19.4 Å². The van der Waals surface area contributed by atoms with Crippen molar-refractivity contribution in [1.29, 1.82) is 5.26 Å². The number of amides is 2. The number of rotatable bonds is 7. The molecular formula is C26H36N4O5S. The molecule has 0 spiro atoms. The minimum absolute atomic E-state index is 0.0193. The summed E-state index contributed by atoms with van der Waals surface area (Å²) in [5.41, 5.74) is 0.770. The van der Waals surface area contributed by atoms with Crippen molar-refractivity contribution in [3.05, 3.63) is 35.4 Å². The predicted molar refractivity (Wildman–Crippen MR) is 137 cm³/mol. The number of thioether (sulfide) groups is 1. The lowest BCUT2D eigenvalue weighted by Gasteiger charge is -2.30. The van der Waals surface area contributed by atoms with Crippen molar-refractivity contribution >= 4 is 29.7 Å². The first-order valence-electron chi connectivity index (χ1n) is 12.3. The van der Waals surface area contributed by atoms with Crippen LogP contribution in [0, 0.1) is 11.3 Å². The molecule has 0 radical (unpaired) electrons. The van der Waals surface area contributed by atoms with Crippen LogP contribution in [0.3, 0.4) is 0 Å². The lowest BCUT2D eigenvalue weighted by molar-refractivity contribution is -0.149. The first-order chi connectivity index (χ1) is 17.0. The van der Waals surface area contributed by atoms with Gasteiger partial charge in [-0.1, -0.05) is 12.1 Å². The first kappa shape index (κ1) is 27.8. The van der Waals surface area contributed by atoms with E-state index in [9.17, 15) is 14.4 Å². The highest BCUT2D eigenvalue weighted by Gasteiger charge is 2.45. The standard InChI is InChI=1S/C26H36N4O5S/c1-18(2)34-23(31)16-29(14-20-8-6-19(13-27)7-9-20)21-12-22(24(32)28-10-11-36-17-28)30(15-21)25(33)35-26(3,4)5/h6-9,18,21-22H,10-12,14-17H2,1-5H3/t21-,22-/m0/s1. The van der Waals surface area contributed by atoms with E-state index in [0.717, 1.165) is 11.3 Å². The summed E-state index contributed by atoms with van der Waals surface area (Å²) < 4.78 is 11.0. The van der Waals surface area contributed by atoms with Gasteiger partial charge in [-0.05, 0) is 58.7 Å². The van der Waals surface area contributed by atoms with Gasteiger partial charge in [0.1, 0.15) is 11.6 Å². The van der Waals surface area contributed by atoms with Crippen LogP contribution < -0.4 is 0 Å². The SMILES string of the molecule is CC(C)OC(=O)CN(Cc1ccc(C#N)cc1)[C@H]1C[C@@H](C(=O)N2CCSC2)N(C(=O)OC(C)(C)C)C1. The van der Waals surface area contributed by atoms with Crippen molar-refractivity contribution < 1.29 is 23.9 Å². The highest BCUT2D eigenvalue weighted by Crippen LogP contribution is 2.29. The average molecular weight is 517 g/mol. The summed E-state index contributed by atoms with van der Waals surface area (Å²) in [7, 11) is 0. The molecule has 196 valence electrons. The van der Waals surface area contributed by atoms with Crippen molar-refractivity contribution in [2.45, 2.75) is 71.4 Å². The highest BCUT2D eigenvalue weighted by molar-refractivity contribution is 7.99. The Morgan fingerprint density at radius 3 is 2.47 bits per heavy atom. The molecule has 0 N–H and O–H groups in total. The summed E-state index contributed by atoms with van der Waals surface area (Å²) in [5, 5.41) is 9.11. The van der Waals surface area contributed by atoms with Crippen LogP contribution >= 0.6 is 11.8 Å². The Hall–Kier alpha value is -2.77. The molecular weight excluding hydrogens is 480 g/mol. The van der Waals surface area contributed by atoms with E-state index in [2.05, 4.69) is 6.07 Å². The minimum Gasteiger partial charge on any atom is -0.462 e. The van der Waals surface area contributed by atoms with E-state index in [1.807, 2.05) is 17.0 Å². The molecule has 2 aliphatic rings.